The second-order valence-corrected chi connectivity index (χ2v) is 6.25. The summed E-state index contributed by atoms with van der Waals surface area (Å²) in [5, 5.41) is 2.82. The van der Waals surface area contributed by atoms with Gasteiger partial charge in [0.05, 0.1) is 7.11 Å². The number of aryl methyl sites for hydroxylation is 1. The van der Waals surface area contributed by atoms with Crippen LogP contribution in [0.1, 0.15) is 40.9 Å². The fraction of sp³-hybridized carbons (Fsp3) is 0.368. The molecule has 2 aromatic rings. The molecule has 0 aliphatic carbocycles. The molecule has 0 atom stereocenters. The summed E-state index contributed by atoms with van der Waals surface area (Å²) in [6, 6.07) is 5.56. The van der Waals surface area contributed by atoms with Crippen molar-refractivity contribution in [3.8, 4) is 5.75 Å². The number of pyridine rings is 1. The fourth-order valence-corrected chi connectivity index (χ4v) is 3.27. The average Bonchev–Trinajstić information content (AvgIpc) is 2.83. The number of benzene rings is 1. The molecule has 1 aliphatic rings. The Morgan fingerprint density at radius 2 is 2.04 bits per heavy atom. The molecule has 0 bridgehead atoms. The van der Waals surface area contributed by atoms with Crippen LogP contribution in [-0.2, 0) is 13.0 Å². The van der Waals surface area contributed by atoms with E-state index in [1.54, 1.807) is 11.5 Å². The van der Waals surface area contributed by atoms with E-state index in [9.17, 15) is 14.0 Å². The maximum Gasteiger partial charge on any atom is 0.261 e. The second kappa shape index (κ2) is 7.09. The molecule has 1 N–H and O–H groups in total. The second-order valence-electron chi connectivity index (χ2n) is 6.25. The Morgan fingerprint density at radius 1 is 1.24 bits per heavy atom. The van der Waals surface area contributed by atoms with Gasteiger partial charge in [0.2, 0.25) is 0 Å². The standard InChI is InChI=1S/C19H21FN2O3/c1-12-10-13(20)7-8-14(12)21-19(24)18-15-6-4-3-5-9-22(15)17(23)11-16(18)25-2/h7-8,10-11H,3-6,9H2,1-2H3,(H,21,24). The number of carbonyl (C=O) groups excluding carboxylic acids is 1. The van der Waals surface area contributed by atoms with E-state index in [4.69, 9.17) is 4.74 Å². The first-order valence-corrected chi connectivity index (χ1v) is 8.39. The fourth-order valence-electron chi connectivity index (χ4n) is 3.27. The Kier molecular flexibility index (Phi) is 4.88. The zero-order valence-electron chi connectivity index (χ0n) is 14.4. The van der Waals surface area contributed by atoms with E-state index in [0.29, 0.717) is 35.5 Å². The molecular formula is C19H21FN2O3. The van der Waals surface area contributed by atoms with Crippen LogP contribution in [0.15, 0.2) is 29.1 Å². The van der Waals surface area contributed by atoms with Crippen molar-refractivity contribution >= 4 is 11.6 Å². The van der Waals surface area contributed by atoms with Gasteiger partial charge in [-0.3, -0.25) is 9.59 Å². The first-order valence-electron chi connectivity index (χ1n) is 8.39. The van der Waals surface area contributed by atoms with E-state index in [1.807, 2.05) is 0 Å². The molecule has 1 aromatic heterocycles. The zero-order chi connectivity index (χ0) is 18.0. The van der Waals surface area contributed by atoms with E-state index >= 15 is 0 Å². The molecular weight excluding hydrogens is 323 g/mol. The van der Waals surface area contributed by atoms with Crippen LogP contribution in [0.3, 0.4) is 0 Å². The molecule has 25 heavy (non-hydrogen) atoms. The maximum atomic E-state index is 13.3. The van der Waals surface area contributed by atoms with Crippen LogP contribution in [0.25, 0.3) is 0 Å². The Labute approximate surface area is 145 Å². The summed E-state index contributed by atoms with van der Waals surface area (Å²) >= 11 is 0. The van der Waals surface area contributed by atoms with Gasteiger partial charge in [-0.05, 0) is 49.9 Å². The maximum absolute atomic E-state index is 13.3. The lowest BCUT2D eigenvalue weighted by molar-refractivity contribution is 0.102. The number of anilines is 1. The van der Waals surface area contributed by atoms with E-state index in [-0.39, 0.29) is 23.0 Å². The molecule has 0 radical (unpaired) electrons. The Balaban J connectivity index is 2.05. The van der Waals surface area contributed by atoms with Gasteiger partial charge in [-0.2, -0.15) is 0 Å². The van der Waals surface area contributed by atoms with Crippen LogP contribution < -0.4 is 15.6 Å². The van der Waals surface area contributed by atoms with Crippen LogP contribution in [0.2, 0.25) is 0 Å². The van der Waals surface area contributed by atoms with Crippen molar-refractivity contribution in [2.75, 3.05) is 12.4 Å². The minimum Gasteiger partial charge on any atom is -0.496 e. The minimum absolute atomic E-state index is 0.150. The van der Waals surface area contributed by atoms with Gasteiger partial charge in [-0.1, -0.05) is 6.42 Å². The number of hydrogen-bond acceptors (Lipinski definition) is 3. The molecule has 1 amide bonds. The van der Waals surface area contributed by atoms with Crippen molar-refractivity contribution in [1.82, 2.24) is 4.57 Å². The molecule has 1 aromatic carbocycles. The number of halogens is 1. The van der Waals surface area contributed by atoms with Gasteiger partial charge in [0, 0.05) is 24.0 Å². The molecule has 0 spiro atoms. The molecule has 2 heterocycles. The first kappa shape index (κ1) is 17.2. The Morgan fingerprint density at radius 3 is 2.76 bits per heavy atom. The lowest BCUT2D eigenvalue weighted by Crippen LogP contribution is -2.27. The van der Waals surface area contributed by atoms with Gasteiger partial charge < -0.3 is 14.6 Å². The van der Waals surface area contributed by atoms with E-state index in [1.165, 1.54) is 31.4 Å². The van der Waals surface area contributed by atoms with Gasteiger partial charge in [-0.15, -0.1) is 0 Å². The van der Waals surface area contributed by atoms with Gasteiger partial charge in [-0.25, -0.2) is 4.39 Å². The lowest BCUT2D eigenvalue weighted by atomic mass is 10.1. The normalized spacial score (nSPS) is 13.7. The van der Waals surface area contributed by atoms with Gasteiger partial charge in [0.15, 0.2) is 0 Å². The van der Waals surface area contributed by atoms with Crippen LogP contribution in [-0.4, -0.2) is 17.6 Å². The molecule has 132 valence electrons. The summed E-state index contributed by atoms with van der Waals surface area (Å²) in [5.74, 6) is -0.430. The van der Waals surface area contributed by atoms with Gasteiger partial charge in [0.1, 0.15) is 17.1 Å². The number of carbonyl (C=O) groups is 1. The number of methoxy groups -OCH3 is 1. The monoisotopic (exact) mass is 344 g/mol. The van der Waals surface area contributed by atoms with Crippen molar-refractivity contribution < 1.29 is 13.9 Å². The van der Waals surface area contributed by atoms with Gasteiger partial charge >= 0.3 is 0 Å². The highest BCUT2D eigenvalue weighted by molar-refractivity contribution is 6.07. The topological polar surface area (TPSA) is 60.3 Å². The largest absolute Gasteiger partial charge is 0.496 e. The van der Waals surface area contributed by atoms with Crippen molar-refractivity contribution in [2.24, 2.45) is 0 Å². The zero-order valence-corrected chi connectivity index (χ0v) is 14.4. The summed E-state index contributed by atoms with van der Waals surface area (Å²) in [6.07, 6.45) is 3.50. The van der Waals surface area contributed by atoms with Gasteiger partial charge in [0.25, 0.3) is 11.5 Å². The highest BCUT2D eigenvalue weighted by atomic mass is 19.1. The third kappa shape index (κ3) is 3.43. The SMILES string of the molecule is COc1cc(=O)n2c(c1C(=O)Nc1ccc(F)cc1C)CCCCC2. The quantitative estimate of drug-likeness (QED) is 0.929. The predicted octanol–water partition coefficient (Wildman–Crippen LogP) is 3.28. The number of fused-ring (bicyclic) bond motifs is 1. The molecule has 3 rings (SSSR count). The van der Waals surface area contributed by atoms with Crippen molar-refractivity contribution in [1.29, 1.82) is 0 Å². The summed E-state index contributed by atoms with van der Waals surface area (Å²) in [5.41, 5.74) is 2.11. The summed E-state index contributed by atoms with van der Waals surface area (Å²) < 4.78 is 20.2. The Hall–Kier alpha value is -2.63. The summed E-state index contributed by atoms with van der Waals surface area (Å²) in [4.78, 5) is 25.3. The van der Waals surface area contributed by atoms with Crippen molar-refractivity contribution in [2.45, 2.75) is 39.2 Å². The smallest absolute Gasteiger partial charge is 0.261 e. The predicted molar refractivity (Wildman–Crippen MR) is 93.9 cm³/mol. The van der Waals surface area contributed by atoms with E-state index in [2.05, 4.69) is 5.32 Å². The number of ether oxygens (including phenoxy) is 1. The lowest BCUT2D eigenvalue weighted by Gasteiger charge is -2.18. The molecule has 1 aliphatic heterocycles. The minimum atomic E-state index is -0.354. The highest BCUT2D eigenvalue weighted by Crippen LogP contribution is 2.26. The summed E-state index contributed by atoms with van der Waals surface area (Å²) in [6.45, 7) is 2.33. The highest BCUT2D eigenvalue weighted by Gasteiger charge is 2.23. The number of amides is 1. The molecule has 6 heteroatoms. The van der Waals surface area contributed by atoms with E-state index < -0.39 is 0 Å². The molecule has 0 fully saturated rings. The number of hydrogen-bond donors (Lipinski definition) is 1. The van der Waals surface area contributed by atoms with Crippen LogP contribution in [0, 0.1) is 12.7 Å². The molecule has 0 saturated carbocycles. The number of nitrogens with one attached hydrogen (secondary N) is 1. The molecule has 5 nitrogen and oxygen atoms in total. The van der Waals surface area contributed by atoms with Crippen molar-refractivity contribution in [3.05, 3.63) is 57.3 Å². The molecule has 0 unspecified atom stereocenters. The van der Waals surface area contributed by atoms with Crippen molar-refractivity contribution in [3.63, 3.8) is 0 Å². The average molecular weight is 344 g/mol. The number of rotatable bonds is 3. The van der Waals surface area contributed by atoms with Crippen LogP contribution in [0.4, 0.5) is 10.1 Å². The summed E-state index contributed by atoms with van der Waals surface area (Å²) in [7, 11) is 1.45. The third-order valence-corrected chi connectivity index (χ3v) is 4.56. The number of aromatic nitrogens is 1. The first-order chi connectivity index (χ1) is 12.0. The van der Waals surface area contributed by atoms with Crippen LogP contribution in [0.5, 0.6) is 5.75 Å². The third-order valence-electron chi connectivity index (χ3n) is 4.56. The van der Waals surface area contributed by atoms with Crippen LogP contribution >= 0.6 is 0 Å². The molecule has 0 saturated heterocycles. The Bertz CT molecular complexity index is 874. The van der Waals surface area contributed by atoms with E-state index in [0.717, 1.165) is 19.3 Å². The number of nitrogens with zero attached hydrogens (tertiary/aromatic N) is 1.